The van der Waals surface area contributed by atoms with Gasteiger partial charge >= 0.3 is 0 Å². The average molecular weight is 254 g/mol. The van der Waals surface area contributed by atoms with Gasteiger partial charge in [-0.05, 0) is 29.5 Å². The van der Waals surface area contributed by atoms with Crippen molar-refractivity contribution in [1.29, 1.82) is 0 Å². The van der Waals surface area contributed by atoms with Gasteiger partial charge in [-0.25, -0.2) is 0 Å². The van der Waals surface area contributed by atoms with Crippen LogP contribution >= 0.6 is 0 Å². The highest BCUT2D eigenvalue weighted by Gasteiger charge is 1.99. The minimum atomic E-state index is 0.662. The van der Waals surface area contributed by atoms with E-state index in [2.05, 4.69) is 60.5 Å². The highest BCUT2D eigenvalue weighted by atomic mass is 14.8. The molecule has 2 rings (SSSR count). The number of hydrogen-bond donors (Lipinski definition) is 1. The van der Waals surface area contributed by atoms with Crippen LogP contribution in [0, 0.1) is 5.92 Å². The van der Waals surface area contributed by atoms with Gasteiger partial charge in [0.15, 0.2) is 0 Å². The molecule has 0 aliphatic heterocycles. The molecule has 1 N–H and O–H groups in total. The van der Waals surface area contributed by atoms with Crippen LogP contribution in [0.5, 0.6) is 0 Å². The lowest BCUT2D eigenvalue weighted by Gasteiger charge is -2.07. The smallest absolute Gasteiger partial charge is 0.0406 e. The van der Waals surface area contributed by atoms with E-state index in [4.69, 9.17) is 0 Å². The molecule has 0 aliphatic carbocycles. The molecule has 0 unspecified atom stereocenters. The monoisotopic (exact) mass is 254 g/mol. The maximum Gasteiger partial charge on any atom is 0.0406 e. The fraction of sp³-hybridized carbons (Fsp3) is 0.353. The number of nitrogens with zero attached hydrogens (tertiary/aromatic N) is 1. The minimum Gasteiger partial charge on any atom is -0.309 e. The Balaban J connectivity index is 1.80. The van der Waals surface area contributed by atoms with Crippen molar-refractivity contribution in [3.8, 4) is 0 Å². The molecule has 0 atom stereocenters. The standard InChI is InChI=1S/C17H22N2/c1-14(2)10-17-9-8-16(13-19-17)12-18-11-15-6-4-3-5-7-15/h3-9,13-14,18H,10-12H2,1-2H3. The molecule has 0 aliphatic rings. The van der Waals surface area contributed by atoms with Gasteiger partial charge < -0.3 is 5.32 Å². The molecule has 0 saturated carbocycles. The number of pyridine rings is 1. The normalized spacial score (nSPS) is 10.9. The van der Waals surface area contributed by atoms with Crippen LogP contribution in [0.2, 0.25) is 0 Å². The summed E-state index contributed by atoms with van der Waals surface area (Å²) in [7, 11) is 0. The van der Waals surface area contributed by atoms with Crippen LogP contribution in [-0.2, 0) is 19.5 Å². The van der Waals surface area contributed by atoms with E-state index in [1.165, 1.54) is 16.8 Å². The molecule has 0 saturated heterocycles. The van der Waals surface area contributed by atoms with E-state index in [0.29, 0.717) is 5.92 Å². The highest BCUT2D eigenvalue weighted by molar-refractivity contribution is 5.16. The van der Waals surface area contributed by atoms with Crippen LogP contribution < -0.4 is 5.32 Å². The first-order valence-electron chi connectivity index (χ1n) is 6.92. The Hall–Kier alpha value is -1.67. The molecule has 19 heavy (non-hydrogen) atoms. The van der Waals surface area contributed by atoms with Crippen LogP contribution in [0.15, 0.2) is 48.7 Å². The molecule has 0 amide bonds. The predicted molar refractivity (Wildman–Crippen MR) is 79.8 cm³/mol. The summed E-state index contributed by atoms with van der Waals surface area (Å²) >= 11 is 0. The van der Waals surface area contributed by atoms with Crippen molar-refractivity contribution >= 4 is 0 Å². The lowest BCUT2D eigenvalue weighted by Crippen LogP contribution is -2.12. The molecule has 1 heterocycles. The van der Waals surface area contributed by atoms with E-state index in [1.807, 2.05) is 12.3 Å². The second-order valence-electron chi connectivity index (χ2n) is 5.34. The van der Waals surface area contributed by atoms with Crippen molar-refractivity contribution in [3.63, 3.8) is 0 Å². The SMILES string of the molecule is CC(C)Cc1ccc(CNCc2ccccc2)cn1. The zero-order chi connectivity index (χ0) is 13.5. The zero-order valence-electron chi connectivity index (χ0n) is 11.8. The van der Waals surface area contributed by atoms with Crippen molar-refractivity contribution in [2.75, 3.05) is 0 Å². The van der Waals surface area contributed by atoms with Gasteiger partial charge in [0.2, 0.25) is 0 Å². The van der Waals surface area contributed by atoms with Crippen LogP contribution in [0.4, 0.5) is 0 Å². The molecular formula is C17H22N2. The summed E-state index contributed by atoms with van der Waals surface area (Å²) < 4.78 is 0. The third-order valence-electron chi connectivity index (χ3n) is 3.00. The summed E-state index contributed by atoms with van der Waals surface area (Å²) in [6, 6.07) is 14.8. The molecule has 2 nitrogen and oxygen atoms in total. The lowest BCUT2D eigenvalue weighted by molar-refractivity contribution is 0.633. The van der Waals surface area contributed by atoms with Gasteiger partial charge in [0.05, 0.1) is 0 Å². The Kier molecular flexibility index (Phi) is 5.10. The summed E-state index contributed by atoms with van der Waals surface area (Å²) in [5.74, 6) is 0.662. The first-order chi connectivity index (χ1) is 9.24. The first kappa shape index (κ1) is 13.8. The number of aromatic nitrogens is 1. The lowest BCUT2D eigenvalue weighted by atomic mass is 10.1. The largest absolute Gasteiger partial charge is 0.309 e. The second kappa shape index (κ2) is 7.05. The number of rotatable bonds is 6. The molecule has 0 radical (unpaired) electrons. The fourth-order valence-corrected chi connectivity index (χ4v) is 2.05. The molecule has 0 fully saturated rings. The third kappa shape index (κ3) is 4.84. The molecule has 100 valence electrons. The predicted octanol–water partition coefficient (Wildman–Crippen LogP) is 3.57. The van der Waals surface area contributed by atoms with Gasteiger partial charge in [-0.1, -0.05) is 50.2 Å². The minimum absolute atomic E-state index is 0.662. The van der Waals surface area contributed by atoms with Crippen LogP contribution in [0.25, 0.3) is 0 Å². The van der Waals surface area contributed by atoms with E-state index in [9.17, 15) is 0 Å². The van der Waals surface area contributed by atoms with Gasteiger partial charge in [0.25, 0.3) is 0 Å². The molecule has 2 heteroatoms. The Morgan fingerprint density at radius 1 is 0.947 bits per heavy atom. The Morgan fingerprint density at radius 2 is 1.68 bits per heavy atom. The van der Waals surface area contributed by atoms with Gasteiger partial charge in [-0.3, -0.25) is 4.98 Å². The van der Waals surface area contributed by atoms with E-state index in [0.717, 1.165) is 19.5 Å². The van der Waals surface area contributed by atoms with Crippen molar-refractivity contribution in [2.24, 2.45) is 5.92 Å². The third-order valence-corrected chi connectivity index (χ3v) is 3.00. The van der Waals surface area contributed by atoms with Crippen LogP contribution in [-0.4, -0.2) is 4.98 Å². The zero-order valence-corrected chi connectivity index (χ0v) is 11.8. The quantitative estimate of drug-likeness (QED) is 0.852. The summed E-state index contributed by atoms with van der Waals surface area (Å²) in [5.41, 5.74) is 3.73. The maximum absolute atomic E-state index is 4.50. The highest BCUT2D eigenvalue weighted by Crippen LogP contribution is 2.06. The second-order valence-corrected chi connectivity index (χ2v) is 5.34. The summed E-state index contributed by atoms with van der Waals surface area (Å²) in [6.45, 7) is 6.20. The Bertz CT molecular complexity index is 474. The Morgan fingerprint density at radius 3 is 2.32 bits per heavy atom. The number of hydrogen-bond acceptors (Lipinski definition) is 2. The molecular weight excluding hydrogens is 232 g/mol. The van der Waals surface area contributed by atoms with E-state index in [-0.39, 0.29) is 0 Å². The average Bonchev–Trinajstić information content (AvgIpc) is 2.41. The van der Waals surface area contributed by atoms with Crippen LogP contribution in [0.1, 0.15) is 30.7 Å². The van der Waals surface area contributed by atoms with Gasteiger partial charge in [0, 0.05) is 25.0 Å². The number of nitrogens with one attached hydrogen (secondary N) is 1. The van der Waals surface area contributed by atoms with Crippen molar-refractivity contribution in [1.82, 2.24) is 10.3 Å². The summed E-state index contributed by atoms with van der Waals surface area (Å²) in [4.78, 5) is 4.50. The van der Waals surface area contributed by atoms with Crippen molar-refractivity contribution < 1.29 is 0 Å². The van der Waals surface area contributed by atoms with Gasteiger partial charge in [0.1, 0.15) is 0 Å². The van der Waals surface area contributed by atoms with Gasteiger partial charge in [-0.2, -0.15) is 0 Å². The van der Waals surface area contributed by atoms with Crippen LogP contribution in [0.3, 0.4) is 0 Å². The molecule has 2 aromatic rings. The molecule has 0 spiro atoms. The van der Waals surface area contributed by atoms with E-state index >= 15 is 0 Å². The molecule has 1 aromatic heterocycles. The van der Waals surface area contributed by atoms with Crippen molar-refractivity contribution in [3.05, 3.63) is 65.5 Å². The van der Waals surface area contributed by atoms with Crippen molar-refractivity contribution in [2.45, 2.75) is 33.4 Å². The van der Waals surface area contributed by atoms with Gasteiger partial charge in [-0.15, -0.1) is 0 Å². The first-order valence-corrected chi connectivity index (χ1v) is 6.92. The summed E-state index contributed by atoms with van der Waals surface area (Å²) in [6.07, 6.45) is 3.04. The summed E-state index contributed by atoms with van der Waals surface area (Å²) in [5, 5.41) is 3.44. The molecule has 1 aromatic carbocycles. The number of benzene rings is 1. The Labute approximate surface area is 115 Å². The van der Waals surface area contributed by atoms with E-state index < -0.39 is 0 Å². The molecule has 0 bridgehead atoms. The fourth-order valence-electron chi connectivity index (χ4n) is 2.05. The van der Waals surface area contributed by atoms with E-state index in [1.54, 1.807) is 0 Å². The topological polar surface area (TPSA) is 24.9 Å². The maximum atomic E-state index is 4.50.